The van der Waals surface area contributed by atoms with Crippen LogP contribution < -0.4 is 21.5 Å². The number of carbonyl (C=O) groups is 1. The quantitative estimate of drug-likeness (QED) is 0.0865. The third kappa shape index (κ3) is 7.64. The van der Waals surface area contributed by atoms with Gasteiger partial charge in [-0.1, -0.05) is 62.1 Å². The summed E-state index contributed by atoms with van der Waals surface area (Å²) in [6.45, 7) is 8.10. The van der Waals surface area contributed by atoms with Gasteiger partial charge in [-0.15, -0.1) is 0 Å². The second-order valence-electron chi connectivity index (χ2n) is 12.9. The van der Waals surface area contributed by atoms with E-state index in [-0.39, 0.29) is 22.5 Å². The van der Waals surface area contributed by atoms with Crippen LogP contribution in [0.2, 0.25) is 10.6 Å². The van der Waals surface area contributed by atoms with Crippen molar-refractivity contribution in [2.75, 3.05) is 15.6 Å². The number of nitrogens with two attached hydrogens (primary N) is 1. The van der Waals surface area contributed by atoms with Crippen molar-refractivity contribution in [3.8, 4) is 0 Å². The number of hydrazine groups is 1. The Hall–Kier alpha value is -4.32. The zero-order valence-electron chi connectivity index (χ0n) is 28.3. The molecule has 0 radical (unpaired) electrons. The molecule has 4 N–H and O–H groups in total. The fraction of sp³-hybridized carbons (Fsp3) is 0.389. The van der Waals surface area contributed by atoms with E-state index in [1.165, 1.54) is 30.2 Å². The first-order chi connectivity index (χ1) is 23.6. The lowest BCUT2D eigenvalue weighted by Crippen LogP contribution is -2.41. The third-order valence-corrected chi connectivity index (χ3v) is 9.84. The van der Waals surface area contributed by atoms with Gasteiger partial charge >= 0.3 is 0 Å². The van der Waals surface area contributed by atoms with Crippen molar-refractivity contribution in [3.63, 3.8) is 0 Å². The van der Waals surface area contributed by atoms with Gasteiger partial charge in [0.15, 0.2) is 17.3 Å². The zero-order valence-corrected chi connectivity index (χ0v) is 29.8. The van der Waals surface area contributed by atoms with Gasteiger partial charge in [-0.05, 0) is 98.8 Å². The number of rotatable bonds is 7. The van der Waals surface area contributed by atoms with E-state index in [0.29, 0.717) is 17.4 Å². The maximum atomic E-state index is 12.9. The Labute approximate surface area is 296 Å². The van der Waals surface area contributed by atoms with Crippen molar-refractivity contribution in [2.24, 2.45) is 5.84 Å². The number of amides is 1. The number of carbonyl (C=O) groups excluding carboxylic acids is 1. The van der Waals surface area contributed by atoms with Crippen LogP contribution >= 0.6 is 23.2 Å². The van der Waals surface area contributed by atoms with Gasteiger partial charge < -0.3 is 10.6 Å². The summed E-state index contributed by atoms with van der Waals surface area (Å²) in [6.07, 6.45) is 12.2. The number of aryl methyl sites for hydroxylation is 4. The molecule has 49 heavy (non-hydrogen) atoms. The lowest BCUT2D eigenvalue weighted by atomic mass is 10.1. The summed E-state index contributed by atoms with van der Waals surface area (Å²) in [5, 5.41) is 14.1. The molecular formula is C36H42Cl2N10O. The first kappa shape index (κ1) is 34.5. The number of hydrogen-bond donors (Lipinski definition) is 3. The fourth-order valence-electron chi connectivity index (χ4n) is 6.79. The average Bonchev–Trinajstić information content (AvgIpc) is 3.87. The molecule has 0 saturated heterocycles. The Morgan fingerprint density at radius 3 is 2.00 bits per heavy atom. The number of hydrogen-bond acceptors (Lipinski definition) is 9. The van der Waals surface area contributed by atoms with E-state index in [9.17, 15) is 4.79 Å². The van der Waals surface area contributed by atoms with Crippen molar-refractivity contribution in [2.45, 2.75) is 91.1 Å². The lowest BCUT2D eigenvalue weighted by Gasteiger charge is -2.26. The highest BCUT2D eigenvalue weighted by atomic mass is 35.5. The van der Waals surface area contributed by atoms with Crippen molar-refractivity contribution < 1.29 is 4.79 Å². The van der Waals surface area contributed by atoms with Crippen LogP contribution in [0.1, 0.15) is 90.0 Å². The molecule has 0 spiro atoms. The predicted octanol–water partition coefficient (Wildman–Crippen LogP) is 8.58. The van der Waals surface area contributed by atoms with Gasteiger partial charge in [0.05, 0.1) is 11.4 Å². The highest BCUT2D eigenvalue weighted by Crippen LogP contribution is 2.35. The second-order valence-corrected chi connectivity index (χ2v) is 13.6. The van der Waals surface area contributed by atoms with Gasteiger partial charge in [-0.2, -0.15) is 15.1 Å². The van der Waals surface area contributed by atoms with Gasteiger partial charge in [-0.3, -0.25) is 9.80 Å². The molecule has 3 heterocycles. The molecule has 3 aromatic heterocycles. The van der Waals surface area contributed by atoms with Gasteiger partial charge in [0.25, 0.3) is 5.91 Å². The summed E-state index contributed by atoms with van der Waals surface area (Å²) in [7, 11) is 0. The van der Waals surface area contributed by atoms with E-state index >= 15 is 0 Å². The largest absolute Gasteiger partial charge is 0.338 e. The molecule has 256 valence electrons. The van der Waals surface area contributed by atoms with E-state index in [4.69, 9.17) is 34.1 Å². The molecule has 7 rings (SSSR count). The molecule has 1 amide bonds. The van der Waals surface area contributed by atoms with Crippen LogP contribution in [0.25, 0.3) is 11.0 Å². The standard InChI is InChI=1S/C18H22ClN5O.C18H20ClN5/c1-11-6-5-7-12(2)15(11)22-17(25)14-10-21-18(19)23-16(14)24(20)13-8-3-4-9-13;1-11-6-5-7-12(2)15(11)21-16-14-10-20-18(19)22-17(14)24(23-16)13-8-3-4-9-13/h5-7,10,13H,3-4,8-9,20H2,1-2H3,(H,22,25);5-7,10,13H,3-4,8-9H2,1-2H3,(H,21,23). The minimum Gasteiger partial charge on any atom is -0.338 e. The maximum absolute atomic E-state index is 12.9. The number of nitrogens with zero attached hydrogens (tertiary/aromatic N) is 7. The van der Waals surface area contributed by atoms with Gasteiger partial charge in [0.2, 0.25) is 10.6 Å². The highest BCUT2D eigenvalue weighted by Gasteiger charge is 2.27. The van der Waals surface area contributed by atoms with Crippen LogP contribution in [0.3, 0.4) is 0 Å². The molecule has 0 bridgehead atoms. The first-order valence-corrected chi connectivity index (χ1v) is 17.5. The SMILES string of the molecule is Cc1cccc(C)c1NC(=O)c1cnc(Cl)nc1N(N)C1CCCC1.Cc1cccc(C)c1Nc1nn(C2CCCC2)c2nc(Cl)ncc12. The summed E-state index contributed by atoms with van der Waals surface area (Å²) in [4.78, 5) is 29.6. The Balaban J connectivity index is 0.000000170. The van der Waals surface area contributed by atoms with Crippen molar-refractivity contribution in [1.82, 2.24) is 29.7 Å². The number of anilines is 4. The van der Waals surface area contributed by atoms with E-state index in [1.807, 2.05) is 36.7 Å². The fourth-order valence-corrected chi connectivity index (χ4v) is 7.04. The normalized spacial score (nSPS) is 14.9. The molecule has 0 aliphatic heterocycles. The molecule has 2 fully saturated rings. The highest BCUT2D eigenvalue weighted by molar-refractivity contribution is 6.28. The van der Waals surface area contributed by atoms with Crippen molar-refractivity contribution in [1.29, 1.82) is 0 Å². The van der Waals surface area contributed by atoms with Gasteiger partial charge in [-0.25, -0.2) is 20.5 Å². The summed E-state index contributed by atoms with van der Waals surface area (Å²) in [6, 6.07) is 12.7. The first-order valence-electron chi connectivity index (χ1n) is 16.8. The van der Waals surface area contributed by atoms with E-state index in [2.05, 4.69) is 62.6 Å². The molecule has 13 heteroatoms. The molecular weight excluding hydrogens is 659 g/mol. The maximum Gasteiger partial charge on any atom is 0.261 e. The van der Waals surface area contributed by atoms with E-state index in [1.54, 1.807) is 11.2 Å². The number of para-hydroxylation sites is 2. The van der Waals surface area contributed by atoms with E-state index in [0.717, 1.165) is 77.9 Å². The molecule has 5 aromatic rings. The number of benzene rings is 2. The number of nitrogens with one attached hydrogen (secondary N) is 2. The molecule has 11 nitrogen and oxygen atoms in total. The number of aromatic nitrogens is 6. The van der Waals surface area contributed by atoms with Crippen LogP contribution in [0.5, 0.6) is 0 Å². The van der Waals surface area contributed by atoms with Crippen molar-refractivity contribution in [3.05, 3.63) is 87.2 Å². The minimum absolute atomic E-state index is 0.0760. The number of fused-ring (bicyclic) bond motifs is 1. The Bertz CT molecular complexity index is 1930. The molecule has 2 aliphatic carbocycles. The van der Waals surface area contributed by atoms with Crippen LogP contribution in [0.15, 0.2) is 48.8 Å². The minimum atomic E-state index is -0.294. The molecule has 2 saturated carbocycles. The van der Waals surface area contributed by atoms with Crippen LogP contribution in [0.4, 0.5) is 23.0 Å². The topological polar surface area (TPSA) is 140 Å². The Kier molecular flexibility index (Phi) is 10.6. The van der Waals surface area contributed by atoms with Crippen LogP contribution in [-0.4, -0.2) is 41.7 Å². The predicted molar refractivity (Wildman–Crippen MR) is 197 cm³/mol. The summed E-state index contributed by atoms with van der Waals surface area (Å²) in [5.41, 5.74) is 7.37. The average molecular weight is 702 g/mol. The summed E-state index contributed by atoms with van der Waals surface area (Å²) in [5.74, 6) is 7.14. The monoisotopic (exact) mass is 700 g/mol. The molecule has 2 aromatic carbocycles. The van der Waals surface area contributed by atoms with Gasteiger partial charge in [0.1, 0.15) is 5.56 Å². The Morgan fingerprint density at radius 1 is 0.816 bits per heavy atom. The van der Waals surface area contributed by atoms with Gasteiger partial charge in [0, 0.05) is 29.8 Å². The second kappa shape index (κ2) is 15.1. The Morgan fingerprint density at radius 2 is 1.37 bits per heavy atom. The zero-order chi connectivity index (χ0) is 34.7. The molecule has 0 unspecified atom stereocenters. The molecule has 2 aliphatic rings. The van der Waals surface area contributed by atoms with Crippen molar-refractivity contribution >= 4 is 63.2 Å². The number of halogens is 2. The summed E-state index contributed by atoms with van der Waals surface area (Å²) < 4.78 is 2.03. The third-order valence-electron chi connectivity index (χ3n) is 9.48. The van der Waals surface area contributed by atoms with Crippen LogP contribution in [0, 0.1) is 27.7 Å². The lowest BCUT2D eigenvalue weighted by molar-refractivity contribution is 0.102. The van der Waals surface area contributed by atoms with Crippen LogP contribution in [-0.2, 0) is 0 Å². The van der Waals surface area contributed by atoms with E-state index < -0.39 is 0 Å². The smallest absolute Gasteiger partial charge is 0.261 e. The summed E-state index contributed by atoms with van der Waals surface area (Å²) >= 11 is 12.0. The molecule has 0 atom stereocenters.